The minimum Gasteiger partial charge on any atom is -0.462 e. The number of allylic oxidation sites excluding steroid dienone is 20. The molecule has 0 radical (unpaired) electrons. The first-order valence-electron chi connectivity index (χ1n) is 26.6. The molecule has 66 heavy (non-hydrogen) atoms. The van der Waals surface area contributed by atoms with Gasteiger partial charge in [0.2, 0.25) is 0 Å². The topological polar surface area (TPSA) is 78.9 Å². The highest BCUT2D eigenvalue weighted by Crippen LogP contribution is 2.14. The zero-order valence-corrected chi connectivity index (χ0v) is 42.4. The second kappa shape index (κ2) is 53.4. The van der Waals surface area contributed by atoms with Crippen LogP contribution in [0.2, 0.25) is 0 Å². The lowest BCUT2D eigenvalue weighted by Gasteiger charge is -2.18. The summed E-state index contributed by atoms with van der Waals surface area (Å²) in [4.78, 5) is 38.1. The van der Waals surface area contributed by atoms with E-state index in [1.165, 1.54) is 57.8 Å². The van der Waals surface area contributed by atoms with Gasteiger partial charge in [0.1, 0.15) is 13.2 Å². The molecule has 0 saturated heterocycles. The number of hydrogen-bond acceptors (Lipinski definition) is 6. The molecule has 1 atom stereocenters. The van der Waals surface area contributed by atoms with Crippen molar-refractivity contribution in [2.75, 3.05) is 13.2 Å². The van der Waals surface area contributed by atoms with Gasteiger partial charge in [-0.05, 0) is 89.9 Å². The first kappa shape index (κ1) is 61.8. The van der Waals surface area contributed by atoms with Crippen molar-refractivity contribution in [1.29, 1.82) is 0 Å². The van der Waals surface area contributed by atoms with Crippen LogP contribution in [0.5, 0.6) is 0 Å². The van der Waals surface area contributed by atoms with Crippen LogP contribution >= 0.6 is 0 Å². The molecule has 0 amide bonds. The normalized spacial score (nSPS) is 13.1. The summed E-state index contributed by atoms with van der Waals surface area (Å²) in [6.45, 7) is 6.33. The summed E-state index contributed by atoms with van der Waals surface area (Å²) in [6.07, 6.45) is 73.1. The molecule has 0 saturated carbocycles. The zero-order chi connectivity index (χ0) is 47.9. The van der Waals surface area contributed by atoms with Crippen LogP contribution in [0.15, 0.2) is 122 Å². The fourth-order valence-electron chi connectivity index (χ4n) is 6.85. The Balaban J connectivity index is 4.50. The zero-order valence-electron chi connectivity index (χ0n) is 42.4. The molecule has 0 heterocycles. The molecule has 0 aromatic rings. The third-order valence-electron chi connectivity index (χ3n) is 10.8. The number of hydrogen-bond donors (Lipinski definition) is 0. The highest BCUT2D eigenvalue weighted by molar-refractivity contribution is 5.71. The van der Waals surface area contributed by atoms with Gasteiger partial charge in [0, 0.05) is 19.3 Å². The van der Waals surface area contributed by atoms with Crippen LogP contribution in [0.25, 0.3) is 0 Å². The van der Waals surface area contributed by atoms with Crippen molar-refractivity contribution in [2.45, 2.75) is 226 Å². The molecule has 6 nitrogen and oxygen atoms in total. The summed E-state index contributed by atoms with van der Waals surface area (Å²) >= 11 is 0. The number of rotatable bonds is 46. The van der Waals surface area contributed by atoms with Gasteiger partial charge in [-0.1, -0.05) is 232 Å². The molecule has 0 rings (SSSR count). The fraction of sp³-hybridized carbons (Fsp3) is 0.617. The molecular formula is C60H96O6. The maximum Gasteiger partial charge on any atom is 0.306 e. The van der Waals surface area contributed by atoms with Crippen LogP contribution in [0.4, 0.5) is 0 Å². The molecule has 0 aliphatic heterocycles. The highest BCUT2D eigenvalue weighted by Gasteiger charge is 2.19. The van der Waals surface area contributed by atoms with E-state index in [-0.39, 0.29) is 31.1 Å². The van der Waals surface area contributed by atoms with Crippen molar-refractivity contribution >= 4 is 17.9 Å². The van der Waals surface area contributed by atoms with E-state index >= 15 is 0 Å². The molecule has 0 spiro atoms. The van der Waals surface area contributed by atoms with Crippen molar-refractivity contribution in [1.82, 2.24) is 0 Å². The third-order valence-corrected chi connectivity index (χ3v) is 10.8. The molecule has 0 aliphatic rings. The quantitative estimate of drug-likeness (QED) is 0.0199. The summed E-state index contributed by atoms with van der Waals surface area (Å²) in [6, 6.07) is 0. The summed E-state index contributed by atoms with van der Waals surface area (Å²) in [7, 11) is 0. The van der Waals surface area contributed by atoms with Crippen LogP contribution in [0, 0.1) is 0 Å². The minimum atomic E-state index is -0.805. The Morgan fingerprint density at radius 1 is 0.333 bits per heavy atom. The van der Waals surface area contributed by atoms with E-state index in [2.05, 4.69) is 118 Å². The molecule has 372 valence electrons. The van der Waals surface area contributed by atoms with Crippen molar-refractivity contribution in [3.05, 3.63) is 122 Å². The van der Waals surface area contributed by atoms with Crippen LogP contribution in [-0.2, 0) is 28.6 Å². The van der Waals surface area contributed by atoms with Crippen LogP contribution < -0.4 is 0 Å². The monoisotopic (exact) mass is 913 g/mol. The number of carbonyl (C=O) groups is 3. The number of carbonyl (C=O) groups excluding carboxylic acids is 3. The summed E-state index contributed by atoms with van der Waals surface area (Å²) in [5.74, 6) is -0.962. The Morgan fingerprint density at radius 3 is 1.11 bits per heavy atom. The second-order valence-corrected chi connectivity index (χ2v) is 17.2. The standard InChI is InChI=1S/C60H96O6/c1-4-7-10-13-16-19-22-25-27-29-31-32-35-38-41-44-47-50-53-59(62)65-56-57(55-64-58(61)52-49-46-43-40-37-34-24-21-18-15-12-9-6-3)66-60(63)54-51-48-45-42-39-36-33-30-28-26-23-20-17-14-11-8-5-2/h9-10,12-13,15-22,24-29,31-32,57H,4-8,11,14,23,30,33-56H2,1-3H3/b12-9+,13-10+,18-15+,19-16+,20-17+,24-21+,25-22+,28-26+,29-27+,32-31+. The predicted octanol–water partition coefficient (Wildman–Crippen LogP) is 17.7. The van der Waals surface area contributed by atoms with E-state index in [4.69, 9.17) is 14.2 Å². The Bertz CT molecular complexity index is 1420. The fourth-order valence-corrected chi connectivity index (χ4v) is 6.85. The van der Waals surface area contributed by atoms with Gasteiger partial charge in [0.05, 0.1) is 0 Å². The molecule has 0 aromatic carbocycles. The van der Waals surface area contributed by atoms with Gasteiger partial charge in [-0.25, -0.2) is 0 Å². The lowest BCUT2D eigenvalue weighted by atomic mass is 10.1. The van der Waals surface area contributed by atoms with Crippen molar-refractivity contribution in [2.24, 2.45) is 0 Å². The van der Waals surface area contributed by atoms with Gasteiger partial charge >= 0.3 is 17.9 Å². The van der Waals surface area contributed by atoms with Crippen molar-refractivity contribution < 1.29 is 28.6 Å². The predicted molar refractivity (Wildman–Crippen MR) is 283 cm³/mol. The smallest absolute Gasteiger partial charge is 0.306 e. The molecule has 1 unspecified atom stereocenters. The molecule has 0 N–H and O–H groups in total. The van der Waals surface area contributed by atoms with Crippen molar-refractivity contribution in [3.63, 3.8) is 0 Å². The van der Waals surface area contributed by atoms with Gasteiger partial charge in [0.15, 0.2) is 6.10 Å². The van der Waals surface area contributed by atoms with E-state index in [0.717, 1.165) is 122 Å². The van der Waals surface area contributed by atoms with Gasteiger partial charge in [-0.2, -0.15) is 0 Å². The Labute approximate surface area is 405 Å². The van der Waals surface area contributed by atoms with Crippen molar-refractivity contribution in [3.8, 4) is 0 Å². The molecule has 0 fully saturated rings. The van der Waals surface area contributed by atoms with Crippen LogP contribution in [0.3, 0.4) is 0 Å². The van der Waals surface area contributed by atoms with E-state index in [1.54, 1.807) is 0 Å². The van der Waals surface area contributed by atoms with Gasteiger partial charge in [0.25, 0.3) is 0 Å². The molecule has 6 heteroatoms. The summed E-state index contributed by atoms with van der Waals surface area (Å²) in [5.41, 5.74) is 0. The number of ether oxygens (including phenoxy) is 3. The van der Waals surface area contributed by atoms with Crippen LogP contribution in [0.1, 0.15) is 220 Å². The average Bonchev–Trinajstić information content (AvgIpc) is 3.31. The molecular weight excluding hydrogens is 817 g/mol. The number of unbranched alkanes of at least 4 members (excludes halogenated alkanes) is 21. The first-order valence-corrected chi connectivity index (χ1v) is 26.6. The SMILES string of the molecule is CC/C=C/C=C/C=C/CCCCCCCC(=O)OCC(COC(=O)CCCCCCC/C=C/C=C/C=C/C=C/C=C/CCC)OC(=O)CCCCCCCCC/C=C/C/C=C/CCCCC. The highest BCUT2D eigenvalue weighted by atomic mass is 16.6. The Hall–Kier alpha value is -4.19. The third kappa shape index (κ3) is 50.8. The average molecular weight is 913 g/mol. The molecule has 0 aromatic heterocycles. The van der Waals surface area contributed by atoms with E-state index < -0.39 is 6.10 Å². The summed E-state index contributed by atoms with van der Waals surface area (Å²) < 4.78 is 16.8. The van der Waals surface area contributed by atoms with Gasteiger partial charge in [-0.15, -0.1) is 0 Å². The first-order chi connectivity index (χ1) is 32.5. The maximum absolute atomic E-state index is 12.8. The van der Waals surface area contributed by atoms with E-state index in [0.29, 0.717) is 19.3 Å². The largest absolute Gasteiger partial charge is 0.462 e. The molecule has 0 bridgehead atoms. The van der Waals surface area contributed by atoms with Crippen LogP contribution in [-0.4, -0.2) is 37.2 Å². The minimum absolute atomic E-state index is 0.104. The van der Waals surface area contributed by atoms with Gasteiger partial charge in [-0.3, -0.25) is 14.4 Å². The van der Waals surface area contributed by atoms with Gasteiger partial charge < -0.3 is 14.2 Å². The van der Waals surface area contributed by atoms with E-state index in [9.17, 15) is 14.4 Å². The summed E-state index contributed by atoms with van der Waals surface area (Å²) in [5, 5.41) is 0. The number of esters is 3. The lowest BCUT2D eigenvalue weighted by molar-refractivity contribution is -0.167. The lowest BCUT2D eigenvalue weighted by Crippen LogP contribution is -2.30. The second-order valence-electron chi connectivity index (χ2n) is 17.2. The Morgan fingerprint density at radius 2 is 0.682 bits per heavy atom. The molecule has 0 aliphatic carbocycles. The van der Waals surface area contributed by atoms with E-state index in [1.807, 2.05) is 24.3 Å². The Kier molecular flexibility index (Phi) is 50.0. The maximum atomic E-state index is 12.8.